The van der Waals surface area contributed by atoms with Crippen molar-refractivity contribution in [3.63, 3.8) is 0 Å². The minimum absolute atomic E-state index is 0.224. The standard InChI is InChI=1S/C11H20F2NO/c1-8(2)7-14-5-3-9(4-6-14)10(15)11(12)13/h9-11,15H,3-7H2,1-2H3. The van der Waals surface area contributed by atoms with Gasteiger partial charge in [0.1, 0.15) is 6.10 Å². The number of hydrogen-bond donors (Lipinski definition) is 1. The van der Waals surface area contributed by atoms with Crippen LogP contribution >= 0.6 is 0 Å². The summed E-state index contributed by atoms with van der Waals surface area (Å²) in [5.74, 6) is 1.11. The van der Waals surface area contributed by atoms with Crippen LogP contribution in [0.3, 0.4) is 0 Å². The van der Waals surface area contributed by atoms with Gasteiger partial charge in [-0.25, -0.2) is 8.78 Å². The van der Waals surface area contributed by atoms with Gasteiger partial charge in [0, 0.05) is 6.54 Å². The fraction of sp³-hybridized carbons (Fsp3) is 0.909. The first-order chi connectivity index (χ1) is 7.00. The van der Waals surface area contributed by atoms with E-state index in [0.29, 0.717) is 12.8 Å². The first kappa shape index (κ1) is 12.8. The molecule has 0 saturated carbocycles. The molecule has 0 aromatic rings. The Hall–Kier alpha value is -0.220. The van der Waals surface area contributed by atoms with E-state index in [0.717, 1.165) is 19.6 Å². The molecule has 1 aliphatic heterocycles. The van der Waals surface area contributed by atoms with Gasteiger partial charge >= 0.3 is 0 Å². The van der Waals surface area contributed by atoms with Gasteiger partial charge in [-0.05, 0) is 37.8 Å². The molecule has 0 amide bonds. The summed E-state index contributed by atoms with van der Waals surface area (Å²) in [6, 6.07) is 0. The number of aliphatic hydroxyl groups excluding tert-OH is 1. The summed E-state index contributed by atoms with van der Waals surface area (Å²) >= 11 is 0. The first-order valence-corrected chi connectivity index (χ1v) is 5.48. The number of likely N-dealkylation sites (tertiary alicyclic amines) is 1. The van der Waals surface area contributed by atoms with E-state index in [1.807, 2.05) is 0 Å². The maximum Gasteiger partial charge on any atom is 0.264 e. The molecular weight excluding hydrogens is 200 g/mol. The average molecular weight is 220 g/mol. The van der Waals surface area contributed by atoms with E-state index in [1.54, 1.807) is 0 Å². The van der Waals surface area contributed by atoms with Gasteiger partial charge in [0.2, 0.25) is 0 Å². The van der Waals surface area contributed by atoms with Crippen molar-refractivity contribution >= 4 is 0 Å². The molecule has 15 heavy (non-hydrogen) atoms. The number of rotatable bonds is 4. The van der Waals surface area contributed by atoms with Crippen LogP contribution in [-0.2, 0) is 0 Å². The van der Waals surface area contributed by atoms with Gasteiger partial charge in [-0.3, -0.25) is 0 Å². The van der Waals surface area contributed by atoms with E-state index in [4.69, 9.17) is 0 Å². The van der Waals surface area contributed by atoms with Crippen LogP contribution in [0.4, 0.5) is 8.78 Å². The molecule has 1 heterocycles. The molecule has 4 heteroatoms. The molecule has 1 rings (SSSR count). The van der Waals surface area contributed by atoms with Gasteiger partial charge in [0.15, 0.2) is 0 Å². The molecule has 1 atom stereocenters. The monoisotopic (exact) mass is 220 g/mol. The maximum atomic E-state index is 12.3. The maximum absolute atomic E-state index is 12.3. The van der Waals surface area contributed by atoms with E-state index in [9.17, 15) is 13.9 Å². The molecule has 1 radical (unpaired) electrons. The summed E-state index contributed by atoms with van der Waals surface area (Å²) in [5.41, 5.74) is 0. The Labute approximate surface area is 90.3 Å². The van der Waals surface area contributed by atoms with Gasteiger partial charge < -0.3 is 10.0 Å². The third-order valence-electron chi connectivity index (χ3n) is 2.91. The molecule has 0 spiro atoms. The average Bonchev–Trinajstić information content (AvgIpc) is 2.17. The smallest absolute Gasteiger partial charge is 0.264 e. The lowest BCUT2D eigenvalue weighted by molar-refractivity contribution is -0.0531. The van der Waals surface area contributed by atoms with Crippen molar-refractivity contribution in [2.24, 2.45) is 5.92 Å². The molecule has 0 aromatic carbocycles. The van der Waals surface area contributed by atoms with E-state index in [-0.39, 0.29) is 5.92 Å². The normalized spacial score (nSPS) is 22.6. The van der Waals surface area contributed by atoms with Crippen LogP contribution in [0.15, 0.2) is 0 Å². The Morgan fingerprint density at radius 2 is 1.87 bits per heavy atom. The van der Waals surface area contributed by atoms with Crippen molar-refractivity contribution in [1.82, 2.24) is 4.90 Å². The lowest BCUT2D eigenvalue weighted by Crippen LogP contribution is -2.41. The zero-order chi connectivity index (χ0) is 11.4. The van der Waals surface area contributed by atoms with Gasteiger partial charge in [0.25, 0.3) is 6.43 Å². The van der Waals surface area contributed by atoms with Crippen LogP contribution in [0.1, 0.15) is 26.7 Å². The largest absolute Gasteiger partial charge is 0.387 e. The van der Waals surface area contributed by atoms with Gasteiger partial charge in [-0.2, -0.15) is 0 Å². The number of piperidine rings is 1. The molecule has 0 aromatic heterocycles. The summed E-state index contributed by atoms with van der Waals surface area (Å²) < 4.78 is 24.5. The van der Waals surface area contributed by atoms with Gasteiger partial charge in [-0.1, -0.05) is 13.8 Å². The SMILES string of the molecule is C[C](C)CN1CCC(C(O)C(F)F)CC1. The fourth-order valence-electron chi connectivity index (χ4n) is 2.11. The number of hydrogen-bond acceptors (Lipinski definition) is 2. The van der Waals surface area contributed by atoms with E-state index < -0.39 is 12.5 Å². The molecule has 1 saturated heterocycles. The van der Waals surface area contributed by atoms with Crippen LogP contribution in [0.25, 0.3) is 0 Å². The second-order valence-electron chi connectivity index (χ2n) is 4.65. The molecule has 89 valence electrons. The third-order valence-corrected chi connectivity index (χ3v) is 2.91. The quantitative estimate of drug-likeness (QED) is 0.782. The Morgan fingerprint density at radius 1 is 1.33 bits per heavy atom. The summed E-state index contributed by atoms with van der Waals surface area (Å²) in [5, 5.41) is 9.25. The van der Waals surface area contributed by atoms with Crippen LogP contribution < -0.4 is 0 Å². The second kappa shape index (κ2) is 5.75. The highest BCUT2D eigenvalue weighted by atomic mass is 19.3. The number of nitrogens with zero attached hydrogens (tertiary/aromatic N) is 1. The number of aliphatic hydroxyl groups is 1. The summed E-state index contributed by atoms with van der Waals surface area (Å²) in [7, 11) is 0. The highest BCUT2D eigenvalue weighted by Crippen LogP contribution is 2.24. The van der Waals surface area contributed by atoms with Crippen LogP contribution in [0.2, 0.25) is 0 Å². The highest BCUT2D eigenvalue weighted by molar-refractivity contribution is 4.86. The number of alkyl halides is 2. The minimum atomic E-state index is -2.60. The molecular formula is C11H20F2NO. The van der Waals surface area contributed by atoms with Crippen molar-refractivity contribution in [3.8, 4) is 0 Å². The Morgan fingerprint density at radius 3 is 2.27 bits per heavy atom. The molecule has 1 fully saturated rings. The van der Waals surface area contributed by atoms with Crippen molar-refractivity contribution in [3.05, 3.63) is 5.92 Å². The lowest BCUT2D eigenvalue weighted by atomic mass is 9.91. The van der Waals surface area contributed by atoms with Crippen LogP contribution in [0, 0.1) is 11.8 Å². The second-order valence-corrected chi connectivity index (χ2v) is 4.65. The predicted molar refractivity (Wildman–Crippen MR) is 55.8 cm³/mol. The van der Waals surface area contributed by atoms with Crippen LogP contribution in [0.5, 0.6) is 0 Å². The van der Waals surface area contributed by atoms with E-state index >= 15 is 0 Å². The molecule has 1 N–H and O–H groups in total. The van der Waals surface area contributed by atoms with Gasteiger partial charge in [0.05, 0.1) is 0 Å². The van der Waals surface area contributed by atoms with Crippen molar-refractivity contribution in [2.45, 2.75) is 39.2 Å². The van der Waals surface area contributed by atoms with Crippen molar-refractivity contribution in [2.75, 3.05) is 19.6 Å². The lowest BCUT2D eigenvalue weighted by Gasteiger charge is -2.34. The van der Waals surface area contributed by atoms with Gasteiger partial charge in [-0.15, -0.1) is 0 Å². The predicted octanol–water partition coefficient (Wildman–Crippen LogP) is 1.94. The fourth-order valence-corrected chi connectivity index (χ4v) is 2.11. The zero-order valence-electron chi connectivity index (χ0n) is 9.42. The van der Waals surface area contributed by atoms with Crippen LogP contribution in [-0.4, -0.2) is 42.2 Å². The van der Waals surface area contributed by atoms with E-state index in [1.165, 1.54) is 5.92 Å². The molecule has 2 nitrogen and oxygen atoms in total. The first-order valence-electron chi connectivity index (χ1n) is 5.48. The highest BCUT2D eigenvalue weighted by Gasteiger charge is 2.30. The van der Waals surface area contributed by atoms with E-state index in [2.05, 4.69) is 18.7 Å². The zero-order valence-corrected chi connectivity index (χ0v) is 9.42. The molecule has 0 bridgehead atoms. The molecule has 0 aliphatic carbocycles. The van der Waals surface area contributed by atoms with Crippen molar-refractivity contribution in [1.29, 1.82) is 0 Å². The Kier molecular flexibility index (Phi) is 4.93. The summed E-state index contributed by atoms with van der Waals surface area (Å²) in [4.78, 5) is 2.25. The molecule has 1 aliphatic rings. The summed E-state index contributed by atoms with van der Waals surface area (Å²) in [6.07, 6.45) is -2.67. The number of halogens is 2. The summed E-state index contributed by atoms with van der Waals surface area (Å²) in [6.45, 7) is 6.72. The Bertz CT molecular complexity index is 179. The minimum Gasteiger partial charge on any atom is -0.387 e. The molecule has 1 unspecified atom stereocenters. The third kappa shape index (κ3) is 4.03. The topological polar surface area (TPSA) is 23.5 Å². The Balaban J connectivity index is 2.29. The van der Waals surface area contributed by atoms with Crippen molar-refractivity contribution < 1.29 is 13.9 Å².